The highest BCUT2D eigenvalue weighted by Crippen LogP contribution is 2.29. The van der Waals surface area contributed by atoms with Gasteiger partial charge in [-0.05, 0) is 43.5 Å². The van der Waals surface area contributed by atoms with Gasteiger partial charge >= 0.3 is 0 Å². The average molecular weight is 387 g/mol. The number of ether oxygens (including phenoxy) is 2. The smallest absolute Gasteiger partial charge is 0.268 e. The number of hydrogen-bond donors (Lipinski definition) is 1. The molecule has 0 aliphatic rings. The van der Waals surface area contributed by atoms with Crippen molar-refractivity contribution in [2.24, 2.45) is 0 Å². The molecule has 2 aromatic heterocycles. The number of benzene rings is 1. The molecule has 1 amide bonds. The van der Waals surface area contributed by atoms with Gasteiger partial charge in [0.05, 0.1) is 25.3 Å². The lowest BCUT2D eigenvalue weighted by Gasteiger charge is -2.18. The Labute approximate surface area is 160 Å². The molecule has 3 aromatic rings. The predicted octanol–water partition coefficient (Wildman–Crippen LogP) is 3.05. The molecule has 0 spiro atoms. The molecular formula is C19H21N3O4S. The lowest BCUT2D eigenvalue weighted by atomic mass is 10.1. The second kappa shape index (κ2) is 7.79. The molecule has 0 bridgehead atoms. The summed E-state index contributed by atoms with van der Waals surface area (Å²) in [5.74, 6) is 1.31. The Balaban J connectivity index is 1.80. The van der Waals surface area contributed by atoms with Gasteiger partial charge in [-0.15, -0.1) is 11.3 Å². The van der Waals surface area contributed by atoms with Crippen LogP contribution >= 0.6 is 11.3 Å². The summed E-state index contributed by atoms with van der Waals surface area (Å²) in [6.45, 7) is 4.03. The molecule has 8 heteroatoms. The first kappa shape index (κ1) is 18.9. The summed E-state index contributed by atoms with van der Waals surface area (Å²) < 4.78 is 11.6. The largest absolute Gasteiger partial charge is 0.493 e. The maximum absolute atomic E-state index is 12.8. The molecule has 2 heterocycles. The SMILES string of the molecule is COc1cc(C(=O)N(C)Cc2nc3ccsc3c(=O)[nH]2)ccc1OC(C)C. The van der Waals surface area contributed by atoms with Crippen LogP contribution in [0.2, 0.25) is 0 Å². The highest BCUT2D eigenvalue weighted by atomic mass is 32.1. The van der Waals surface area contributed by atoms with Gasteiger partial charge in [-0.2, -0.15) is 0 Å². The third-order valence-electron chi connectivity index (χ3n) is 3.87. The zero-order chi connectivity index (χ0) is 19.6. The van der Waals surface area contributed by atoms with Crippen LogP contribution in [0.25, 0.3) is 10.2 Å². The number of hydrogen-bond acceptors (Lipinski definition) is 6. The molecule has 142 valence electrons. The van der Waals surface area contributed by atoms with E-state index < -0.39 is 0 Å². The average Bonchev–Trinajstić information content (AvgIpc) is 3.10. The Morgan fingerprint density at radius 1 is 1.30 bits per heavy atom. The first-order valence-electron chi connectivity index (χ1n) is 8.45. The maximum atomic E-state index is 12.8. The Morgan fingerprint density at radius 2 is 2.07 bits per heavy atom. The highest BCUT2D eigenvalue weighted by Gasteiger charge is 2.17. The van der Waals surface area contributed by atoms with Gasteiger partial charge in [0.1, 0.15) is 10.5 Å². The molecule has 1 N–H and O–H groups in total. The predicted molar refractivity (Wildman–Crippen MR) is 105 cm³/mol. The first-order chi connectivity index (χ1) is 12.9. The van der Waals surface area contributed by atoms with Crippen molar-refractivity contribution >= 4 is 27.5 Å². The fraction of sp³-hybridized carbons (Fsp3) is 0.316. The van der Waals surface area contributed by atoms with E-state index in [1.165, 1.54) is 23.3 Å². The number of aromatic nitrogens is 2. The van der Waals surface area contributed by atoms with Crippen LogP contribution in [0, 0.1) is 0 Å². The number of thiophene rings is 1. The van der Waals surface area contributed by atoms with Gasteiger partial charge < -0.3 is 19.4 Å². The van der Waals surface area contributed by atoms with Crippen molar-refractivity contribution in [3.8, 4) is 11.5 Å². The van der Waals surface area contributed by atoms with Crippen LogP contribution in [0.5, 0.6) is 11.5 Å². The van der Waals surface area contributed by atoms with E-state index in [-0.39, 0.29) is 24.1 Å². The van der Waals surface area contributed by atoms with Crippen molar-refractivity contribution in [1.29, 1.82) is 0 Å². The number of nitrogens with zero attached hydrogens (tertiary/aromatic N) is 2. The lowest BCUT2D eigenvalue weighted by Crippen LogP contribution is -2.28. The first-order valence-corrected chi connectivity index (χ1v) is 9.33. The van der Waals surface area contributed by atoms with Gasteiger partial charge in [-0.1, -0.05) is 0 Å². The lowest BCUT2D eigenvalue weighted by molar-refractivity contribution is 0.0781. The maximum Gasteiger partial charge on any atom is 0.268 e. The number of carbonyl (C=O) groups excluding carboxylic acids is 1. The highest BCUT2D eigenvalue weighted by molar-refractivity contribution is 7.17. The van der Waals surface area contributed by atoms with Gasteiger partial charge in [0.2, 0.25) is 0 Å². The van der Waals surface area contributed by atoms with Gasteiger partial charge in [-0.25, -0.2) is 4.98 Å². The van der Waals surface area contributed by atoms with Crippen LogP contribution in [0.15, 0.2) is 34.4 Å². The molecule has 7 nitrogen and oxygen atoms in total. The fourth-order valence-corrected chi connectivity index (χ4v) is 3.39. The van der Waals surface area contributed by atoms with Crippen molar-refractivity contribution in [2.45, 2.75) is 26.5 Å². The Hall–Kier alpha value is -2.87. The number of aromatic amines is 1. The zero-order valence-corrected chi connectivity index (χ0v) is 16.4. The number of fused-ring (bicyclic) bond motifs is 1. The molecule has 0 unspecified atom stereocenters. The van der Waals surface area contributed by atoms with Crippen molar-refractivity contribution in [1.82, 2.24) is 14.9 Å². The quantitative estimate of drug-likeness (QED) is 0.703. The van der Waals surface area contributed by atoms with Crippen molar-refractivity contribution in [3.63, 3.8) is 0 Å². The topological polar surface area (TPSA) is 84.5 Å². The molecule has 0 radical (unpaired) electrons. The summed E-state index contributed by atoms with van der Waals surface area (Å²) in [6.07, 6.45) is -0.00181. The third-order valence-corrected chi connectivity index (χ3v) is 4.77. The standard InChI is InChI=1S/C19H21N3O4S/c1-11(2)26-14-6-5-12(9-15(14)25-4)19(24)22(3)10-16-20-13-7-8-27-17(13)18(23)21-16/h5-9,11H,10H2,1-4H3,(H,20,21,23). The van der Waals surface area contributed by atoms with Crippen molar-refractivity contribution < 1.29 is 14.3 Å². The second-order valence-corrected chi connectivity index (χ2v) is 7.26. The normalized spacial score (nSPS) is 11.0. The summed E-state index contributed by atoms with van der Waals surface area (Å²) in [4.78, 5) is 33.5. The summed E-state index contributed by atoms with van der Waals surface area (Å²) >= 11 is 1.34. The van der Waals surface area contributed by atoms with E-state index in [0.717, 1.165) is 0 Å². The Kier molecular flexibility index (Phi) is 5.46. The van der Waals surface area contributed by atoms with Crippen LogP contribution in [0.1, 0.15) is 30.0 Å². The van der Waals surface area contributed by atoms with E-state index in [9.17, 15) is 9.59 Å². The number of methoxy groups -OCH3 is 1. The molecule has 0 atom stereocenters. The number of amides is 1. The van der Waals surface area contributed by atoms with E-state index in [1.807, 2.05) is 19.2 Å². The number of nitrogens with one attached hydrogen (secondary N) is 1. The van der Waals surface area contributed by atoms with Crippen molar-refractivity contribution in [3.05, 3.63) is 51.4 Å². The van der Waals surface area contributed by atoms with Gasteiger partial charge in [0, 0.05) is 12.6 Å². The molecule has 27 heavy (non-hydrogen) atoms. The second-order valence-electron chi connectivity index (χ2n) is 6.34. The fourth-order valence-electron chi connectivity index (χ4n) is 2.67. The minimum absolute atomic E-state index is 0.00181. The molecule has 0 saturated carbocycles. The van der Waals surface area contributed by atoms with Crippen LogP contribution in [-0.4, -0.2) is 41.0 Å². The van der Waals surface area contributed by atoms with E-state index in [2.05, 4.69) is 9.97 Å². The van der Waals surface area contributed by atoms with Gasteiger partial charge in [0.15, 0.2) is 11.5 Å². The van der Waals surface area contributed by atoms with E-state index in [4.69, 9.17) is 9.47 Å². The summed E-state index contributed by atoms with van der Waals surface area (Å²) in [5, 5.41) is 1.82. The summed E-state index contributed by atoms with van der Waals surface area (Å²) in [7, 11) is 3.19. The zero-order valence-electron chi connectivity index (χ0n) is 15.6. The molecule has 0 saturated heterocycles. The van der Waals surface area contributed by atoms with Gasteiger partial charge in [0.25, 0.3) is 11.5 Å². The summed E-state index contributed by atoms with van der Waals surface area (Å²) in [5.41, 5.74) is 0.906. The van der Waals surface area contributed by atoms with Crippen LogP contribution < -0.4 is 15.0 Å². The van der Waals surface area contributed by atoms with Crippen LogP contribution in [-0.2, 0) is 6.54 Å². The van der Waals surface area contributed by atoms with E-state index in [1.54, 1.807) is 31.3 Å². The minimum Gasteiger partial charge on any atom is -0.493 e. The molecule has 0 aliphatic carbocycles. The van der Waals surface area contributed by atoms with Crippen molar-refractivity contribution in [2.75, 3.05) is 14.2 Å². The monoisotopic (exact) mass is 387 g/mol. The molecule has 1 aromatic carbocycles. The van der Waals surface area contributed by atoms with E-state index in [0.29, 0.717) is 33.1 Å². The van der Waals surface area contributed by atoms with Gasteiger partial charge in [-0.3, -0.25) is 9.59 Å². The minimum atomic E-state index is -0.211. The van der Waals surface area contributed by atoms with Crippen LogP contribution in [0.3, 0.4) is 0 Å². The molecule has 0 fully saturated rings. The number of H-pyrrole nitrogens is 1. The molecule has 0 aliphatic heterocycles. The Bertz CT molecular complexity index is 1030. The summed E-state index contributed by atoms with van der Waals surface area (Å²) in [6, 6.07) is 6.85. The molecular weight excluding hydrogens is 366 g/mol. The molecule has 3 rings (SSSR count). The Morgan fingerprint density at radius 3 is 2.78 bits per heavy atom. The van der Waals surface area contributed by atoms with Crippen LogP contribution in [0.4, 0.5) is 0 Å². The third kappa shape index (κ3) is 4.11. The number of carbonyl (C=O) groups is 1. The van der Waals surface area contributed by atoms with E-state index >= 15 is 0 Å². The number of rotatable bonds is 6.